The van der Waals surface area contributed by atoms with E-state index in [4.69, 9.17) is 0 Å². The first-order chi connectivity index (χ1) is 9.36. The summed E-state index contributed by atoms with van der Waals surface area (Å²) in [6.45, 7) is 0. The third-order valence-corrected chi connectivity index (χ3v) is 5.50. The maximum absolute atomic E-state index is 3.62. The van der Waals surface area contributed by atoms with Gasteiger partial charge in [0.05, 0.1) is 0 Å². The molecular weight excluding hydrogens is 230 g/mol. The Hall–Kier alpha value is -0.820. The average Bonchev–Trinajstić information content (AvgIpc) is 3.07. The van der Waals surface area contributed by atoms with E-state index in [-0.39, 0.29) is 0 Å². The van der Waals surface area contributed by atoms with Crippen molar-refractivity contribution < 1.29 is 0 Å². The second kappa shape index (κ2) is 6.09. The highest BCUT2D eigenvalue weighted by Gasteiger charge is 2.42. The van der Waals surface area contributed by atoms with Crippen LogP contribution >= 0.6 is 0 Å². The Kier molecular flexibility index (Phi) is 4.22. The first kappa shape index (κ1) is 13.2. The highest BCUT2D eigenvalue weighted by Crippen LogP contribution is 2.50. The molecule has 1 N–H and O–H groups in total. The van der Waals surface area contributed by atoms with Crippen LogP contribution in [0.4, 0.5) is 0 Å². The van der Waals surface area contributed by atoms with Crippen molar-refractivity contribution in [3.63, 3.8) is 0 Å². The molecule has 0 aliphatic heterocycles. The van der Waals surface area contributed by atoms with Crippen molar-refractivity contribution in [2.45, 2.75) is 51.0 Å². The van der Waals surface area contributed by atoms with Crippen molar-refractivity contribution in [1.82, 2.24) is 5.32 Å². The number of hydrogen-bond acceptors (Lipinski definition) is 1. The topological polar surface area (TPSA) is 12.0 Å². The fourth-order valence-corrected chi connectivity index (χ4v) is 4.53. The molecule has 4 atom stereocenters. The van der Waals surface area contributed by atoms with E-state index >= 15 is 0 Å². The maximum Gasteiger partial charge on any atom is 0.00951 e. The summed E-state index contributed by atoms with van der Waals surface area (Å²) in [4.78, 5) is 0. The Morgan fingerprint density at radius 2 is 2.00 bits per heavy atom. The highest BCUT2D eigenvalue weighted by molar-refractivity contribution is 5.14. The van der Waals surface area contributed by atoms with Gasteiger partial charge in [-0.15, -0.1) is 0 Å². The molecule has 2 aliphatic rings. The quantitative estimate of drug-likeness (QED) is 0.811. The zero-order valence-corrected chi connectivity index (χ0v) is 12.1. The average molecular weight is 257 g/mol. The molecule has 2 bridgehead atoms. The third kappa shape index (κ3) is 3.02. The number of hydrogen-bond donors (Lipinski definition) is 1. The molecule has 2 aliphatic carbocycles. The van der Waals surface area contributed by atoms with Gasteiger partial charge in [-0.25, -0.2) is 0 Å². The molecule has 0 amide bonds. The van der Waals surface area contributed by atoms with Crippen LogP contribution in [0.25, 0.3) is 0 Å². The molecule has 0 heterocycles. The van der Waals surface area contributed by atoms with Crippen molar-refractivity contribution >= 4 is 0 Å². The van der Waals surface area contributed by atoms with Gasteiger partial charge in [-0.3, -0.25) is 0 Å². The summed E-state index contributed by atoms with van der Waals surface area (Å²) in [6.07, 6.45) is 9.96. The van der Waals surface area contributed by atoms with Gasteiger partial charge in [0.25, 0.3) is 0 Å². The van der Waals surface area contributed by atoms with Crippen molar-refractivity contribution in [3.05, 3.63) is 35.9 Å². The lowest BCUT2D eigenvalue weighted by Gasteiger charge is -2.30. The Balaban J connectivity index is 1.48. The standard InChI is InChI=1S/C18H27N/c1-19-18(17-13-15-10-11-16(17)12-15)9-5-8-14-6-3-2-4-7-14/h2-4,6-7,15-19H,5,8-13H2,1H3. The summed E-state index contributed by atoms with van der Waals surface area (Å²) in [6, 6.07) is 11.7. The van der Waals surface area contributed by atoms with Gasteiger partial charge in [-0.1, -0.05) is 36.8 Å². The first-order valence-corrected chi connectivity index (χ1v) is 8.08. The Morgan fingerprint density at radius 1 is 1.16 bits per heavy atom. The fraction of sp³-hybridized carbons (Fsp3) is 0.667. The molecule has 4 unspecified atom stereocenters. The number of benzene rings is 1. The Bertz CT molecular complexity index is 386. The minimum absolute atomic E-state index is 0.763. The Morgan fingerprint density at radius 3 is 2.63 bits per heavy atom. The van der Waals surface area contributed by atoms with Crippen LogP contribution in [0.3, 0.4) is 0 Å². The van der Waals surface area contributed by atoms with Crippen LogP contribution in [0, 0.1) is 17.8 Å². The Labute approximate surface area is 117 Å². The highest BCUT2D eigenvalue weighted by atomic mass is 14.9. The van der Waals surface area contributed by atoms with E-state index in [1.807, 2.05) is 0 Å². The summed E-state index contributed by atoms with van der Waals surface area (Å²) in [5, 5.41) is 3.62. The van der Waals surface area contributed by atoms with Gasteiger partial charge >= 0.3 is 0 Å². The molecule has 1 aromatic rings. The zero-order valence-electron chi connectivity index (χ0n) is 12.1. The zero-order chi connectivity index (χ0) is 13.1. The molecule has 1 nitrogen and oxygen atoms in total. The van der Waals surface area contributed by atoms with E-state index in [0.717, 1.165) is 23.8 Å². The number of nitrogens with one attached hydrogen (secondary N) is 1. The van der Waals surface area contributed by atoms with Gasteiger partial charge in [0.15, 0.2) is 0 Å². The minimum atomic E-state index is 0.763. The second-order valence-corrected chi connectivity index (χ2v) is 6.61. The van der Waals surface area contributed by atoms with Gasteiger partial charge in [0.1, 0.15) is 0 Å². The van der Waals surface area contributed by atoms with E-state index in [1.54, 1.807) is 0 Å². The van der Waals surface area contributed by atoms with Crippen LogP contribution in [0.15, 0.2) is 30.3 Å². The van der Waals surface area contributed by atoms with Crippen LogP contribution in [0.2, 0.25) is 0 Å². The molecule has 2 saturated carbocycles. The van der Waals surface area contributed by atoms with Crippen LogP contribution in [0.1, 0.15) is 44.1 Å². The molecule has 2 fully saturated rings. The SMILES string of the molecule is CNC(CCCc1ccccc1)C1CC2CCC1C2. The molecule has 1 heteroatoms. The van der Waals surface area contributed by atoms with Crippen molar-refractivity contribution in [2.24, 2.45) is 17.8 Å². The maximum atomic E-state index is 3.62. The molecule has 3 rings (SSSR count). The van der Waals surface area contributed by atoms with Gasteiger partial charge < -0.3 is 5.32 Å². The van der Waals surface area contributed by atoms with Crippen LogP contribution in [-0.2, 0) is 6.42 Å². The second-order valence-electron chi connectivity index (χ2n) is 6.61. The van der Waals surface area contributed by atoms with E-state index in [2.05, 4.69) is 42.7 Å². The van der Waals surface area contributed by atoms with Gasteiger partial charge in [-0.05, 0) is 68.9 Å². The molecule has 0 radical (unpaired) electrons. The lowest BCUT2D eigenvalue weighted by atomic mass is 9.81. The number of aryl methyl sites for hydroxylation is 1. The van der Waals surface area contributed by atoms with E-state index < -0.39 is 0 Å². The van der Waals surface area contributed by atoms with Gasteiger partial charge in [0, 0.05) is 6.04 Å². The van der Waals surface area contributed by atoms with Crippen molar-refractivity contribution in [3.8, 4) is 0 Å². The predicted octanol–water partition coefficient (Wildman–Crippen LogP) is 4.03. The van der Waals surface area contributed by atoms with Crippen LogP contribution in [-0.4, -0.2) is 13.1 Å². The summed E-state index contributed by atoms with van der Waals surface area (Å²) in [5.41, 5.74) is 1.49. The largest absolute Gasteiger partial charge is 0.317 e. The summed E-state index contributed by atoms with van der Waals surface area (Å²) in [5.74, 6) is 3.08. The number of rotatable bonds is 6. The normalized spacial score (nSPS) is 30.7. The summed E-state index contributed by atoms with van der Waals surface area (Å²) in [7, 11) is 2.17. The molecule has 1 aromatic carbocycles. The molecule has 0 saturated heterocycles. The summed E-state index contributed by atoms with van der Waals surface area (Å²) >= 11 is 0. The fourth-order valence-electron chi connectivity index (χ4n) is 4.53. The van der Waals surface area contributed by atoms with E-state index in [0.29, 0.717) is 0 Å². The third-order valence-electron chi connectivity index (χ3n) is 5.50. The molecule has 0 aromatic heterocycles. The van der Waals surface area contributed by atoms with Gasteiger partial charge in [0.2, 0.25) is 0 Å². The number of fused-ring (bicyclic) bond motifs is 2. The lowest BCUT2D eigenvalue weighted by Crippen LogP contribution is -2.36. The van der Waals surface area contributed by atoms with Gasteiger partial charge in [-0.2, -0.15) is 0 Å². The van der Waals surface area contributed by atoms with Crippen LogP contribution < -0.4 is 5.32 Å². The molecule has 19 heavy (non-hydrogen) atoms. The van der Waals surface area contributed by atoms with E-state index in [9.17, 15) is 0 Å². The molecule has 104 valence electrons. The lowest BCUT2D eigenvalue weighted by molar-refractivity contribution is 0.244. The van der Waals surface area contributed by atoms with Crippen molar-refractivity contribution in [2.75, 3.05) is 7.05 Å². The minimum Gasteiger partial charge on any atom is -0.317 e. The van der Waals surface area contributed by atoms with Crippen LogP contribution in [0.5, 0.6) is 0 Å². The smallest absolute Gasteiger partial charge is 0.00951 e. The molecular formula is C18H27N. The summed E-state index contributed by atoms with van der Waals surface area (Å²) < 4.78 is 0. The molecule has 0 spiro atoms. The van der Waals surface area contributed by atoms with E-state index in [1.165, 1.54) is 50.5 Å². The van der Waals surface area contributed by atoms with Crippen molar-refractivity contribution in [1.29, 1.82) is 0 Å². The predicted molar refractivity (Wildman–Crippen MR) is 81.2 cm³/mol. The monoisotopic (exact) mass is 257 g/mol. The first-order valence-electron chi connectivity index (χ1n) is 8.08.